The Morgan fingerprint density at radius 1 is 0.964 bits per heavy atom. The molecule has 0 radical (unpaired) electrons. The molecule has 3 aromatic rings. The van der Waals surface area contributed by atoms with Crippen molar-refractivity contribution in [2.24, 2.45) is 0 Å². The summed E-state index contributed by atoms with van der Waals surface area (Å²) in [7, 11) is 2.16. The number of likely N-dealkylation sites (N-methyl/N-ethyl adjacent to an activating group) is 1. The lowest BCUT2D eigenvalue weighted by atomic mass is 10.2. The van der Waals surface area contributed by atoms with Gasteiger partial charge in [0.1, 0.15) is 30.1 Å². The molecule has 9 heteroatoms. The third-order valence-corrected chi connectivity index (χ3v) is 4.77. The third kappa shape index (κ3) is 4.38. The van der Waals surface area contributed by atoms with Gasteiger partial charge in [-0.2, -0.15) is 0 Å². The molecule has 3 N–H and O–H groups in total. The number of nitrogens with zero attached hydrogens (tertiary/aromatic N) is 7. The quantitative estimate of drug-likeness (QED) is 0.682. The molecule has 1 saturated heterocycles. The first-order valence-electron chi connectivity index (χ1n) is 9.18. The number of nitrogens with two attached hydrogens (primary N) is 1. The lowest BCUT2D eigenvalue weighted by molar-refractivity contribution is 0.148. The second kappa shape index (κ2) is 8.24. The molecule has 0 saturated carbocycles. The van der Waals surface area contributed by atoms with Crippen molar-refractivity contribution in [2.45, 2.75) is 6.54 Å². The molecule has 9 nitrogen and oxygen atoms in total. The molecule has 0 spiro atoms. The molecule has 3 aromatic heterocycles. The fourth-order valence-corrected chi connectivity index (χ4v) is 3.10. The van der Waals surface area contributed by atoms with Crippen LogP contribution >= 0.6 is 0 Å². The van der Waals surface area contributed by atoms with Gasteiger partial charge < -0.3 is 16.0 Å². The van der Waals surface area contributed by atoms with E-state index in [1.807, 2.05) is 12.3 Å². The second-order valence-corrected chi connectivity index (χ2v) is 6.87. The zero-order valence-electron chi connectivity index (χ0n) is 15.8. The van der Waals surface area contributed by atoms with Crippen LogP contribution in [0.25, 0.3) is 11.3 Å². The van der Waals surface area contributed by atoms with Crippen molar-refractivity contribution in [1.82, 2.24) is 34.7 Å². The highest BCUT2D eigenvalue weighted by Crippen LogP contribution is 2.23. The summed E-state index contributed by atoms with van der Waals surface area (Å²) in [4.78, 5) is 25.8. The van der Waals surface area contributed by atoms with Gasteiger partial charge in [0.25, 0.3) is 0 Å². The van der Waals surface area contributed by atoms with Gasteiger partial charge in [-0.3, -0.25) is 4.90 Å². The van der Waals surface area contributed by atoms with Crippen LogP contribution in [-0.2, 0) is 6.54 Å². The minimum atomic E-state index is 0.381. The third-order valence-electron chi connectivity index (χ3n) is 4.77. The van der Waals surface area contributed by atoms with Crippen molar-refractivity contribution >= 4 is 17.5 Å². The molecule has 0 amide bonds. The van der Waals surface area contributed by atoms with E-state index in [-0.39, 0.29) is 0 Å². The molecule has 0 bridgehead atoms. The highest BCUT2D eigenvalue weighted by molar-refractivity contribution is 5.71. The molecule has 1 aliphatic rings. The van der Waals surface area contributed by atoms with Gasteiger partial charge in [0.2, 0.25) is 0 Å². The molecule has 0 unspecified atom stereocenters. The van der Waals surface area contributed by atoms with Crippen molar-refractivity contribution in [3.05, 3.63) is 48.8 Å². The number of anilines is 3. The lowest BCUT2D eigenvalue weighted by Gasteiger charge is -2.32. The first-order valence-corrected chi connectivity index (χ1v) is 9.18. The van der Waals surface area contributed by atoms with Crippen LogP contribution in [0.2, 0.25) is 0 Å². The predicted octanol–water partition coefficient (Wildman–Crippen LogP) is 1.40. The number of piperazine rings is 1. The topological polar surface area (TPSA) is 109 Å². The summed E-state index contributed by atoms with van der Waals surface area (Å²) in [6.07, 6.45) is 6.43. The summed E-state index contributed by atoms with van der Waals surface area (Å²) < 4.78 is 0. The van der Waals surface area contributed by atoms with Gasteiger partial charge in [-0.15, -0.1) is 0 Å². The smallest absolute Gasteiger partial charge is 0.136 e. The first-order chi connectivity index (χ1) is 13.7. The summed E-state index contributed by atoms with van der Waals surface area (Å²) in [5, 5.41) is 3.21. The average molecular weight is 377 g/mol. The molecule has 4 rings (SSSR count). The summed E-state index contributed by atoms with van der Waals surface area (Å²) >= 11 is 0. The number of rotatable bonds is 5. The molecule has 0 atom stereocenters. The lowest BCUT2D eigenvalue weighted by Crippen LogP contribution is -2.43. The van der Waals surface area contributed by atoms with Crippen LogP contribution in [0.5, 0.6) is 0 Å². The van der Waals surface area contributed by atoms with Gasteiger partial charge >= 0.3 is 0 Å². The average Bonchev–Trinajstić information content (AvgIpc) is 2.72. The van der Waals surface area contributed by atoms with Gasteiger partial charge in [-0.1, -0.05) is 6.07 Å². The predicted molar refractivity (Wildman–Crippen MR) is 108 cm³/mol. The van der Waals surface area contributed by atoms with Crippen LogP contribution in [0.15, 0.2) is 43.2 Å². The van der Waals surface area contributed by atoms with Gasteiger partial charge in [0.15, 0.2) is 0 Å². The van der Waals surface area contributed by atoms with E-state index in [0.717, 1.165) is 38.5 Å². The number of aromatic nitrogens is 5. The van der Waals surface area contributed by atoms with Crippen LogP contribution in [0.3, 0.4) is 0 Å². The minimum absolute atomic E-state index is 0.381. The van der Waals surface area contributed by atoms with Crippen molar-refractivity contribution < 1.29 is 0 Å². The summed E-state index contributed by atoms with van der Waals surface area (Å²) in [6, 6.07) is 5.86. The van der Waals surface area contributed by atoms with Crippen molar-refractivity contribution in [2.75, 3.05) is 44.3 Å². The first kappa shape index (κ1) is 18.2. The van der Waals surface area contributed by atoms with Crippen molar-refractivity contribution in [3.63, 3.8) is 0 Å². The zero-order valence-corrected chi connectivity index (χ0v) is 15.8. The van der Waals surface area contributed by atoms with Crippen LogP contribution in [-0.4, -0.2) is 67.9 Å². The highest BCUT2D eigenvalue weighted by Gasteiger charge is 2.14. The van der Waals surface area contributed by atoms with E-state index in [0.29, 0.717) is 22.9 Å². The molecular formula is C19H23N9. The number of hydrogen-bond acceptors (Lipinski definition) is 9. The molecular weight excluding hydrogens is 354 g/mol. The van der Waals surface area contributed by atoms with E-state index < -0.39 is 0 Å². The van der Waals surface area contributed by atoms with Crippen molar-refractivity contribution in [3.8, 4) is 11.3 Å². The standard InChI is InChI=1S/C19H23N9/c1-27-4-6-28(7-5-27)11-14-2-3-17(22-9-14)26-18-8-16(23-13-24-18)15-10-21-12-25-19(15)20/h2-3,8-10,12-13H,4-7,11H2,1H3,(H2,20,21,25)(H,22,23,24,26). The maximum atomic E-state index is 5.91. The summed E-state index contributed by atoms with van der Waals surface area (Å²) in [5.41, 5.74) is 8.43. The normalized spacial score (nSPS) is 15.5. The van der Waals surface area contributed by atoms with Crippen LogP contribution in [0, 0.1) is 0 Å². The van der Waals surface area contributed by atoms with E-state index in [1.54, 1.807) is 12.3 Å². The van der Waals surface area contributed by atoms with Gasteiger partial charge in [0.05, 0.1) is 11.3 Å². The Kier molecular flexibility index (Phi) is 5.36. The number of pyridine rings is 1. The fraction of sp³-hybridized carbons (Fsp3) is 0.316. The van der Waals surface area contributed by atoms with Gasteiger partial charge in [-0.05, 0) is 18.7 Å². The van der Waals surface area contributed by atoms with Crippen molar-refractivity contribution in [1.29, 1.82) is 0 Å². The Morgan fingerprint density at radius 3 is 2.57 bits per heavy atom. The van der Waals surface area contributed by atoms with Crippen LogP contribution in [0.1, 0.15) is 5.56 Å². The number of nitrogens with one attached hydrogen (secondary N) is 1. The van der Waals surface area contributed by atoms with Crippen LogP contribution in [0.4, 0.5) is 17.5 Å². The number of nitrogen functional groups attached to an aromatic ring is 1. The molecule has 1 aliphatic heterocycles. The second-order valence-electron chi connectivity index (χ2n) is 6.87. The molecule has 4 heterocycles. The Bertz CT molecular complexity index is 921. The van der Waals surface area contributed by atoms with Gasteiger partial charge in [-0.25, -0.2) is 24.9 Å². The maximum Gasteiger partial charge on any atom is 0.136 e. The Balaban J connectivity index is 1.42. The molecule has 144 valence electrons. The zero-order chi connectivity index (χ0) is 19.3. The highest BCUT2D eigenvalue weighted by atomic mass is 15.2. The van der Waals surface area contributed by atoms with E-state index in [4.69, 9.17) is 5.73 Å². The van der Waals surface area contributed by atoms with E-state index in [1.165, 1.54) is 18.2 Å². The SMILES string of the molecule is CN1CCN(Cc2ccc(Nc3cc(-c4cncnc4N)ncn3)nc2)CC1. The Morgan fingerprint density at radius 2 is 1.82 bits per heavy atom. The Hall–Kier alpha value is -3.17. The number of hydrogen-bond donors (Lipinski definition) is 2. The minimum Gasteiger partial charge on any atom is -0.383 e. The van der Waals surface area contributed by atoms with Gasteiger partial charge in [0, 0.05) is 51.2 Å². The fourth-order valence-electron chi connectivity index (χ4n) is 3.10. The van der Waals surface area contributed by atoms with E-state index >= 15 is 0 Å². The molecule has 1 fully saturated rings. The summed E-state index contributed by atoms with van der Waals surface area (Å²) in [6.45, 7) is 5.32. The van der Waals surface area contributed by atoms with E-state index in [2.05, 4.69) is 53.2 Å². The monoisotopic (exact) mass is 377 g/mol. The maximum absolute atomic E-state index is 5.91. The molecule has 28 heavy (non-hydrogen) atoms. The summed E-state index contributed by atoms with van der Waals surface area (Å²) in [5.74, 6) is 1.74. The largest absolute Gasteiger partial charge is 0.383 e. The Labute approximate surface area is 163 Å². The van der Waals surface area contributed by atoms with Crippen LogP contribution < -0.4 is 11.1 Å². The van der Waals surface area contributed by atoms with E-state index in [9.17, 15) is 0 Å². The molecule has 0 aromatic carbocycles. The molecule has 0 aliphatic carbocycles.